The number of hydrogen-bond acceptors (Lipinski definition) is 14. The maximum atomic E-state index is 6.15. The van der Waals surface area contributed by atoms with Gasteiger partial charge in [-0.1, -0.05) is 14.9 Å². The van der Waals surface area contributed by atoms with Crippen molar-refractivity contribution in [3.63, 3.8) is 0 Å². The van der Waals surface area contributed by atoms with E-state index >= 15 is 0 Å². The lowest BCUT2D eigenvalue weighted by Gasteiger charge is -2.41. The molecule has 0 radical (unpaired) electrons. The number of fused-ring (bicyclic) bond motifs is 2. The van der Waals surface area contributed by atoms with E-state index in [2.05, 4.69) is 55.7 Å². The number of rotatable bonds is 6. The summed E-state index contributed by atoms with van der Waals surface area (Å²) in [4.78, 5) is 26.8. The van der Waals surface area contributed by atoms with Crippen LogP contribution in [0.1, 0.15) is 77.6 Å². The SMILES string of the molecule is C.C.Cc1nsc2nc(Cl)nc(N(C)C3CCC(N4CCOCC4)CC3)c12.Cc1nsc2nc(Cl)nc(NC3CCC(N4CCOCC4)CC3)c12. The van der Waals surface area contributed by atoms with E-state index in [1.807, 2.05) is 13.8 Å². The number of hydrogen-bond donors (Lipinski definition) is 1. The molecule has 1 N–H and O–H groups in total. The second-order valence-electron chi connectivity index (χ2n) is 13.6. The van der Waals surface area contributed by atoms with E-state index < -0.39 is 0 Å². The lowest BCUT2D eigenvalue weighted by atomic mass is 9.89. The molecule has 0 aromatic carbocycles. The predicted octanol–water partition coefficient (Wildman–Crippen LogP) is 7.50. The highest BCUT2D eigenvalue weighted by atomic mass is 35.5. The number of ether oxygens (including phenoxy) is 2. The molecule has 2 saturated heterocycles. The molecule has 6 heterocycles. The molecule has 51 heavy (non-hydrogen) atoms. The summed E-state index contributed by atoms with van der Waals surface area (Å²) in [6.07, 6.45) is 9.58. The topological polar surface area (TPSA) is 118 Å². The minimum atomic E-state index is 0. The van der Waals surface area contributed by atoms with Gasteiger partial charge in [-0.2, -0.15) is 13.7 Å². The first kappa shape index (κ1) is 40.2. The van der Waals surface area contributed by atoms with Gasteiger partial charge in [-0.15, -0.1) is 0 Å². The van der Waals surface area contributed by atoms with E-state index in [1.54, 1.807) is 0 Å². The van der Waals surface area contributed by atoms with Crippen molar-refractivity contribution in [1.29, 1.82) is 0 Å². The van der Waals surface area contributed by atoms with Gasteiger partial charge in [0.15, 0.2) is 9.66 Å². The number of morpholine rings is 2. The third-order valence-electron chi connectivity index (χ3n) is 10.6. The number of nitrogens with zero attached hydrogens (tertiary/aromatic N) is 9. The highest BCUT2D eigenvalue weighted by Gasteiger charge is 2.31. The Morgan fingerprint density at radius 2 is 1.14 bits per heavy atom. The molecule has 0 bridgehead atoms. The van der Waals surface area contributed by atoms with Crippen LogP contribution in [-0.2, 0) is 9.47 Å². The van der Waals surface area contributed by atoms with Crippen molar-refractivity contribution >= 4 is 78.3 Å². The molecule has 2 saturated carbocycles. The first-order chi connectivity index (χ1) is 23.8. The summed E-state index contributed by atoms with van der Waals surface area (Å²) in [5.41, 5.74) is 1.96. The summed E-state index contributed by atoms with van der Waals surface area (Å²) in [6, 6.07) is 2.33. The fourth-order valence-corrected chi connectivity index (χ4v) is 9.90. The quantitative estimate of drug-likeness (QED) is 0.195. The molecule has 4 aromatic heterocycles. The van der Waals surface area contributed by atoms with Crippen molar-refractivity contribution in [3.8, 4) is 0 Å². The van der Waals surface area contributed by atoms with E-state index in [0.717, 1.165) is 109 Å². The molecule has 2 aliphatic carbocycles. The van der Waals surface area contributed by atoms with Gasteiger partial charge in [0.2, 0.25) is 10.6 Å². The average molecular weight is 782 g/mol. The first-order valence-electron chi connectivity index (χ1n) is 17.6. The van der Waals surface area contributed by atoms with Crippen LogP contribution in [0.2, 0.25) is 10.6 Å². The van der Waals surface area contributed by atoms with E-state index in [1.165, 1.54) is 61.6 Å². The van der Waals surface area contributed by atoms with Crippen LogP contribution in [0.25, 0.3) is 20.4 Å². The third kappa shape index (κ3) is 9.37. The summed E-state index contributed by atoms with van der Waals surface area (Å²) in [5.74, 6) is 1.77. The molecule has 0 atom stereocenters. The van der Waals surface area contributed by atoms with Crippen molar-refractivity contribution < 1.29 is 9.47 Å². The van der Waals surface area contributed by atoms with Crippen LogP contribution in [0.15, 0.2) is 0 Å². The molecule has 0 spiro atoms. The predicted molar refractivity (Wildman–Crippen MR) is 212 cm³/mol. The maximum absolute atomic E-state index is 6.15. The summed E-state index contributed by atoms with van der Waals surface area (Å²) in [5, 5.41) is 6.26. The Kier molecular flexibility index (Phi) is 14.4. The number of anilines is 2. The van der Waals surface area contributed by atoms with Crippen molar-refractivity contribution in [2.75, 3.05) is 69.9 Å². The Balaban J connectivity index is 0.000000190. The van der Waals surface area contributed by atoms with Gasteiger partial charge < -0.3 is 19.7 Å². The molecule has 16 heteroatoms. The average Bonchev–Trinajstić information content (AvgIpc) is 3.70. The Bertz CT molecular complexity index is 1700. The summed E-state index contributed by atoms with van der Waals surface area (Å²) in [7, 11) is 2.13. The molecule has 0 amide bonds. The lowest BCUT2D eigenvalue weighted by Crippen LogP contribution is -2.47. The Morgan fingerprint density at radius 3 is 1.69 bits per heavy atom. The zero-order valence-electron chi connectivity index (χ0n) is 28.5. The van der Waals surface area contributed by atoms with Gasteiger partial charge in [-0.25, -0.2) is 15.0 Å². The molecule has 4 aromatic rings. The summed E-state index contributed by atoms with van der Waals surface area (Å²) < 4.78 is 19.8. The van der Waals surface area contributed by atoms with E-state index in [-0.39, 0.29) is 20.1 Å². The Labute approximate surface area is 321 Å². The fourth-order valence-electron chi connectivity index (χ4n) is 7.91. The number of halogens is 2. The van der Waals surface area contributed by atoms with Crippen LogP contribution >= 0.6 is 46.3 Å². The van der Waals surface area contributed by atoms with Crippen LogP contribution in [0, 0.1) is 13.8 Å². The molecular formula is C35H54Cl2N10O2S2. The second kappa shape index (κ2) is 18.3. The third-order valence-corrected chi connectivity index (χ3v) is 12.7. The van der Waals surface area contributed by atoms with Gasteiger partial charge >= 0.3 is 0 Å². The van der Waals surface area contributed by atoms with Gasteiger partial charge in [0, 0.05) is 57.4 Å². The van der Waals surface area contributed by atoms with Gasteiger partial charge in [0.25, 0.3) is 0 Å². The molecule has 4 aliphatic rings. The Morgan fingerprint density at radius 1 is 0.667 bits per heavy atom. The molecule has 4 fully saturated rings. The van der Waals surface area contributed by atoms with Crippen LogP contribution in [0.5, 0.6) is 0 Å². The number of nitrogens with one attached hydrogen (secondary N) is 1. The van der Waals surface area contributed by atoms with Crippen LogP contribution < -0.4 is 10.2 Å². The summed E-state index contributed by atoms with van der Waals surface area (Å²) >= 11 is 15.0. The number of aromatic nitrogens is 6. The smallest absolute Gasteiger partial charge is 0.225 e. The zero-order chi connectivity index (χ0) is 33.9. The molecule has 282 valence electrons. The number of aryl methyl sites for hydroxylation is 2. The van der Waals surface area contributed by atoms with Crippen molar-refractivity contribution in [2.45, 2.75) is 104 Å². The molecule has 12 nitrogen and oxygen atoms in total. The lowest BCUT2D eigenvalue weighted by molar-refractivity contribution is 0.00737. The second-order valence-corrected chi connectivity index (χ2v) is 15.8. The van der Waals surface area contributed by atoms with E-state index in [0.29, 0.717) is 29.5 Å². The maximum Gasteiger partial charge on any atom is 0.225 e. The largest absolute Gasteiger partial charge is 0.379 e. The minimum Gasteiger partial charge on any atom is -0.379 e. The van der Waals surface area contributed by atoms with Gasteiger partial charge in [0.05, 0.1) is 48.6 Å². The van der Waals surface area contributed by atoms with E-state index in [9.17, 15) is 0 Å². The zero-order valence-corrected chi connectivity index (χ0v) is 31.7. The standard InChI is InChI=1S/C17H24ClN5OS.C16H22ClN5OS.2CH4/c1-11-14-15(19-17(18)20-16(14)25-21-11)22(2)12-3-5-13(6-4-12)23-7-9-24-10-8-23;1-10-13-14(19-16(17)20-15(13)24-21-10)18-11-2-4-12(5-3-11)22-6-8-23-9-7-22;;/h12-13H,3-10H2,1-2H3;11-12H,2-9H2,1H3,(H,18,19,20);2*1H4. The molecule has 2 aliphatic heterocycles. The molecular weight excluding hydrogens is 727 g/mol. The first-order valence-corrected chi connectivity index (χ1v) is 19.9. The molecule has 0 unspecified atom stereocenters. The van der Waals surface area contributed by atoms with Gasteiger partial charge in [-0.3, -0.25) is 9.80 Å². The van der Waals surface area contributed by atoms with Crippen LogP contribution in [0.3, 0.4) is 0 Å². The highest BCUT2D eigenvalue weighted by Crippen LogP contribution is 2.35. The molecule has 8 rings (SSSR count). The monoisotopic (exact) mass is 780 g/mol. The van der Waals surface area contributed by atoms with E-state index in [4.69, 9.17) is 32.7 Å². The van der Waals surface area contributed by atoms with Crippen molar-refractivity contribution in [3.05, 3.63) is 22.0 Å². The van der Waals surface area contributed by atoms with Crippen LogP contribution in [0.4, 0.5) is 11.6 Å². The van der Waals surface area contributed by atoms with Crippen LogP contribution in [-0.4, -0.2) is 122 Å². The van der Waals surface area contributed by atoms with Crippen molar-refractivity contribution in [1.82, 2.24) is 38.5 Å². The summed E-state index contributed by atoms with van der Waals surface area (Å²) in [6.45, 7) is 11.8. The highest BCUT2D eigenvalue weighted by molar-refractivity contribution is 7.13. The minimum absolute atomic E-state index is 0. The van der Waals surface area contributed by atoms with Gasteiger partial charge in [0.1, 0.15) is 11.6 Å². The van der Waals surface area contributed by atoms with Crippen molar-refractivity contribution in [2.24, 2.45) is 0 Å². The Hall–Kier alpha value is -2.04. The normalized spacial score (nSPS) is 24.6. The fraction of sp³-hybridized carbons (Fsp3) is 0.714. The van der Waals surface area contributed by atoms with Gasteiger partial charge in [-0.05, 0) is 111 Å².